The Morgan fingerprint density at radius 1 is 1.30 bits per heavy atom. The van der Waals surface area contributed by atoms with E-state index >= 15 is 0 Å². The summed E-state index contributed by atoms with van der Waals surface area (Å²) >= 11 is 0. The van der Waals surface area contributed by atoms with Crippen molar-refractivity contribution in [2.75, 3.05) is 7.11 Å². The minimum absolute atomic E-state index is 0.246. The third-order valence-corrected chi connectivity index (χ3v) is 3.35. The van der Waals surface area contributed by atoms with Crippen LogP contribution in [0.15, 0.2) is 42.5 Å². The van der Waals surface area contributed by atoms with E-state index in [1.54, 1.807) is 13.8 Å². The van der Waals surface area contributed by atoms with Crippen molar-refractivity contribution in [2.24, 2.45) is 5.92 Å². The average molecular weight is 278 g/mol. The molecule has 0 radical (unpaired) electrons. The largest absolute Gasteiger partial charge is 0.466 e. The number of carbonyl (C=O) groups excluding carboxylic acids is 1. The minimum atomic E-state index is -0.815. The molecule has 0 amide bonds. The summed E-state index contributed by atoms with van der Waals surface area (Å²) < 4.78 is 10.2. The SMILES string of the molecule is C=C(C(=O)OC)[C@H](C)[C@@H](O)[C@@H](C)OCc1ccccc1. The van der Waals surface area contributed by atoms with Crippen LogP contribution in [0, 0.1) is 5.92 Å². The highest BCUT2D eigenvalue weighted by Crippen LogP contribution is 2.19. The van der Waals surface area contributed by atoms with Crippen molar-refractivity contribution in [3.63, 3.8) is 0 Å². The quantitative estimate of drug-likeness (QED) is 0.614. The molecular weight excluding hydrogens is 256 g/mol. The predicted octanol–water partition coefficient (Wildman–Crippen LogP) is 2.32. The van der Waals surface area contributed by atoms with Crippen molar-refractivity contribution in [1.29, 1.82) is 0 Å². The lowest BCUT2D eigenvalue weighted by Gasteiger charge is -2.25. The van der Waals surface area contributed by atoms with Gasteiger partial charge >= 0.3 is 5.97 Å². The fraction of sp³-hybridized carbons (Fsp3) is 0.438. The van der Waals surface area contributed by atoms with Crippen molar-refractivity contribution in [3.05, 3.63) is 48.0 Å². The standard InChI is InChI=1S/C16H22O4/c1-11(12(2)16(18)19-4)15(17)13(3)20-10-14-8-6-5-7-9-14/h5-9,11,13,15,17H,2,10H2,1,3-4H3/t11-,13+,15+/m0/s1. The molecule has 0 saturated heterocycles. The number of carbonyl (C=O) groups is 1. The molecule has 3 atom stereocenters. The molecule has 1 aromatic carbocycles. The number of methoxy groups -OCH3 is 1. The first-order valence-corrected chi connectivity index (χ1v) is 6.58. The zero-order valence-corrected chi connectivity index (χ0v) is 12.2. The maximum Gasteiger partial charge on any atom is 0.333 e. The van der Waals surface area contributed by atoms with Crippen LogP contribution in [0.25, 0.3) is 0 Å². The highest BCUT2D eigenvalue weighted by Gasteiger charge is 2.27. The molecule has 1 aromatic rings. The van der Waals surface area contributed by atoms with E-state index in [1.165, 1.54) is 7.11 Å². The van der Waals surface area contributed by atoms with Gasteiger partial charge in [-0.25, -0.2) is 4.79 Å². The first kappa shape index (κ1) is 16.4. The molecule has 4 heteroatoms. The molecule has 4 nitrogen and oxygen atoms in total. The van der Waals surface area contributed by atoms with Crippen LogP contribution in [0.1, 0.15) is 19.4 Å². The number of ether oxygens (including phenoxy) is 2. The summed E-state index contributed by atoms with van der Waals surface area (Å²) in [4.78, 5) is 11.4. The molecule has 1 rings (SSSR count). The maximum atomic E-state index is 11.4. The van der Waals surface area contributed by atoms with Gasteiger partial charge in [0.1, 0.15) is 0 Å². The Kier molecular flexibility index (Phi) is 6.42. The number of hydrogen-bond donors (Lipinski definition) is 1. The first-order valence-electron chi connectivity index (χ1n) is 6.58. The Morgan fingerprint density at radius 3 is 2.45 bits per heavy atom. The molecule has 0 saturated carbocycles. The van der Waals surface area contributed by atoms with Crippen molar-refractivity contribution in [3.8, 4) is 0 Å². The molecule has 0 heterocycles. The van der Waals surface area contributed by atoms with Crippen molar-refractivity contribution >= 4 is 5.97 Å². The van der Waals surface area contributed by atoms with Crippen LogP contribution in [0.5, 0.6) is 0 Å². The first-order chi connectivity index (χ1) is 9.47. The highest BCUT2D eigenvalue weighted by atomic mass is 16.5. The Balaban J connectivity index is 2.52. The van der Waals surface area contributed by atoms with Gasteiger partial charge in [-0.2, -0.15) is 0 Å². The highest BCUT2D eigenvalue weighted by molar-refractivity contribution is 5.88. The zero-order valence-electron chi connectivity index (χ0n) is 12.2. The second-order valence-corrected chi connectivity index (χ2v) is 4.80. The van der Waals surface area contributed by atoms with E-state index in [4.69, 9.17) is 4.74 Å². The monoisotopic (exact) mass is 278 g/mol. The van der Waals surface area contributed by atoms with Gasteiger partial charge in [-0.3, -0.25) is 0 Å². The zero-order chi connectivity index (χ0) is 15.1. The average Bonchev–Trinajstić information content (AvgIpc) is 2.50. The van der Waals surface area contributed by atoms with Gasteiger partial charge in [0.2, 0.25) is 0 Å². The summed E-state index contributed by atoms with van der Waals surface area (Å²) in [6, 6.07) is 9.71. The van der Waals surface area contributed by atoms with E-state index in [0.717, 1.165) is 5.56 Å². The summed E-state index contributed by atoms with van der Waals surface area (Å²) in [6.07, 6.45) is -1.23. The van der Waals surface area contributed by atoms with E-state index < -0.39 is 24.1 Å². The van der Waals surface area contributed by atoms with Gasteiger partial charge in [-0.05, 0) is 12.5 Å². The van der Waals surface area contributed by atoms with Crippen LogP contribution in [-0.2, 0) is 20.9 Å². The molecule has 0 spiro atoms. The predicted molar refractivity (Wildman–Crippen MR) is 77.0 cm³/mol. The van der Waals surface area contributed by atoms with E-state index in [9.17, 15) is 9.90 Å². The van der Waals surface area contributed by atoms with Gasteiger partial charge in [0.25, 0.3) is 0 Å². The number of aliphatic hydroxyl groups is 1. The lowest BCUT2D eigenvalue weighted by Crippen LogP contribution is -2.34. The lowest BCUT2D eigenvalue weighted by atomic mass is 9.93. The Labute approximate surface area is 120 Å². The van der Waals surface area contributed by atoms with Crippen LogP contribution in [0.4, 0.5) is 0 Å². The summed E-state index contributed by atoms with van der Waals surface area (Å²) in [5, 5.41) is 10.2. The molecule has 0 fully saturated rings. The molecule has 0 aliphatic carbocycles. The maximum absolute atomic E-state index is 11.4. The summed E-state index contributed by atoms with van der Waals surface area (Å²) in [7, 11) is 1.29. The number of esters is 1. The van der Waals surface area contributed by atoms with Crippen LogP contribution in [0.2, 0.25) is 0 Å². The normalized spacial score (nSPS) is 15.2. The summed E-state index contributed by atoms with van der Waals surface area (Å²) in [5.41, 5.74) is 1.28. The lowest BCUT2D eigenvalue weighted by molar-refractivity contribution is -0.137. The Morgan fingerprint density at radius 2 is 1.90 bits per heavy atom. The van der Waals surface area contributed by atoms with Crippen molar-refractivity contribution in [2.45, 2.75) is 32.7 Å². The molecular formula is C16H22O4. The van der Waals surface area contributed by atoms with E-state index in [1.807, 2.05) is 30.3 Å². The third-order valence-electron chi connectivity index (χ3n) is 3.35. The van der Waals surface area contributed by atoms with E-state index in [0.29, 0.717) is 6.61 Å². The van der Waals surface area contributed by atoms with E-state index in [2.05, 4.69) is 11.3 Å². The number of aliphatic hydroxyl groups excluding tert-OH is 1. The van der Waals surface area contributed by atoms with Gasteiger partial charge in [-0.1, -0.05) is 43.8 Å². The third kappa shape index (κ3) is 4.47. The molecule has 0 aromatic heterocycles. The van der Waals surface area contributed by atoms with Crippen molar-refractivity contribution in [1.82, 2.24) is 0 Å². The van der Waals surface area contributed by atoms with E-state index in [-0.39, 0.29) is 5.57 Å². The van der Waals surface area contributed by atoms with Gasteiger partial charge in [0.15, 0.2) is 0 Å². The molecule has 0 bridgehead atoms. The molecule has 0 unspecified atom stereocenters. The van der Waals surface area contributed by atoms with Gasteiger partial charge in [0, 0.05) is 11.5 Å². The number of benzene rings is 1. The summed E-state index contributed by atoms with van der Waals surface area (Å²) in [5.74, 6) is -0.931. The smallest absolute Gasteiger partial charge is 0.333 e. The minimum Gasteiger partial charge on any atom is -0.466 e. The van der Waals surface area contributed by atoms with Crippen LogP contribution < -0.4 is 0 Å². The molecule has 0 aliphatic heterocycles. The topological polar surface area (TPSA) is 55.8 Å². The number of rotatable bonds is 7. The second kappa shape index (κ2) is 7.82. The molecule has 1 N–H and O–H groups in total. The molecule has 0 aliphatic rings. The number of hydrogen-bond acceptors (Lipinski definition) is 4. The van der Waals surface area contributed by atoms with Gasteiger partial charge in [0.05, 0.1) is 25.9 Å². The second-order valence-electron chi connectivity index (χ2n) is 4.80. The van der Waals surface area contributed by atoms with Crippen LogP contribution >= 0.6 is 0 Å². The Hall–Kier alpha value is -1.65. The van der Waals surface area contributed by atoms with Gasteiger partial charge < -0.3 is 14.6 Å². The fourth-order valence-corrected chi connectivity index (χ4v) is 1.83. The molecule has 20 heavy (non-hydrogen) atoms. The van der Waals surface area contributed by atoms with Gasteiger partial charge in [-0.15, -0.1) is 0 Å². The summed E-state index contributed by atoms with van der Waals surface area (Å²) in [6.45, 7) is 7.57. The molecule has 110 valence electrons. The fourth-order valence-electron chi connectivity index (χ4n) is 1.83. The van der Waals surface area contributed by atoms with Crippen molar-refractivity contribution < 1.29 is 19.4 Å². The van der Waals surface area contributed by atoms with Crippen LogP contribution in [0.3, 0.4) is 0 Å². The van der Waals surface area contributed by atoms with Crippen LogP contribution in [-0.4, -0.2) is 30.4 Å². The Bertz CT molecular complexity index is 441.